The Morgan fingerprint density at radius 1 is 1.42 bits per heavy atom. The molecule has 0 aliphatic carbocycles. The molecule has 0 spiro atoms. The maximum absolute atomic E-state index is 10.5. The molecule has 19 heavy (non-hydrogen) atoms. The Kier molecular flexibility index (Phi) is 3.93. The van der Waals surface area contributed by atoms with E-state index in [0.717, 1.165) is 21.1 Å². The van der Waals surface area contributed by atoms with Crippen molar-refractivity contribution in [3.8, 4) is 10.6 Å². The minimum Gasteiger partial charge on any atom is -0.748 e. The van der Waals surface area contributed by atoms with Gasteiger partial charge in [-0.3, -0.25) is 0 Å². The predicted octanol–water partition coefficient (Wildman–Crippen LogP) is 0.655. The molecule has 0 saturated heterocycles. The summed E-state index contributed by atoms with van der Waals surface area (Å²) >= 11 is 1.58. The summed E-state index contributed by atoms with van der Waals surface area (Å²) in [6.45, 7) is 4.01. The highest BCUT2D eigenvalue weighted by atomic mass is 32.2. The topological polar surface area (TPSA) is 86.9 Å². The fourth-order valence-corrected chi connectivity index (χ4v) is 2.76. The van der Waals surface area contributed by atoms with E-state index in [1.165, 1.54) is 4.68 Å². The van der Waals surface area contributed by atoms with Crippen molar-refractivity contribution in [1.82, 2.24) is 10.1 Å². The highest BCUT2D eigenvalue weighted by molar-refractivity contribution is 7.85. The van der Waals surface area contributed by atoms with Crippen LogP contribution in [0.1, 0.15) is 10.6 Å². The number of nitrogens with zero attached hydrogens (tertiary/aromatic N) is 3. The Labute approximate surface area is 115 Å². The van der Waals surface area contributed by atoms with Crippen LogP contribution < -0.4 is 4.68 Å². The molecule has 0 fully saturated rings. The zero-order valence-electron chi connectivity index (χ0n) is 10.5. The molecule has 2 rings (SSSR count). The molecule has 6 nitrogen and oxygen atoms in total. The van der Waals surface area contributed by atoms with Crippen LogP contribution in [0.2, 0.25) is 0 Å². The van der Waals surface area contributed by atoms with E-state index in [4.69, 9.17) is 0 Å². The van der Waals surface area contributed by atoms with Crippen LogP contribution in [0, 0.1) is 13.8 Å². The minimum absolute atomic E-state index is 0.0576. The van der Waals surface area contributed by atoms with Gasteiger partial charge in [0.2, 0.25) is 0 Å². The second kappa shape index (κ2) is 5.32. The van der Waals surface area contributed by atoms with Crippen LogP contribution in [-0.4, -0.2) is 28.8 Å². The van der Waals surface area contributed by atoms with Gasteiger partial charge in [-0.2, -0.15) is 0 Å². The van der Waals surface area contributed by atoms with Gasteiger partial charge in [0.05, 0.1) is 11.4 Å². The molecule has 8 heteroatoms. The highest BCUT2D eigenvalue weighted by Gasteiger charge is 2.10. The Hall–Kier alpha value is -1.38. The molecule has 0 atom stereocenters. The first kappa shape index (κ1) is 14.0. The van der Waals surface area contributed by atoms with E-state index in [-0.39, 0.29) is 6.54 Å². The Morgan fingerprint density at radius 3 is 2.63 bits per heavy atom. The van der Waals surface area contributed by atoms with Gasteiger partial charge in [-0.05, 0) is 18.9 Å². The largest absolute Gasteiger partial charge is 0.748 e. The van der Waals surface area contributed by atoms with Crippen molar-refractivity contribution < 1.29 is 17.7 Å². The number of hydrogen-bond donors (Lipinski definition) is 0. The van der Waals surface area contributed by atoms with Crippen molar-refractivity contribution in [3.05, 3.63) is 29.0 Å². The molecule has 0 aliphatic rings. The van der Waals surface area contributed by atoms with E-state index in [0.29, 0.717) is 0 Å². The third kappa shape index (κ3) is 3.79. The minimum atomic E-state index is -4.21. The van der Waals surface area contributed by atoms with Crippen LogP contribution in [0.3, 0.4) is 0 Å². The van der Waals surface area contributed by atoms with Gasteiger partial charge >= 0.3 is 0 Å². The molecular formula is C11H13N3O3S2. The highest BCUT2D eigenvalue weighted by Crippen LogP contribution is 2.25. The number of aromatic nitrogens is 3. The molecule has 0 bridgehead atoms. The Bertz CT molecular complexity index is 658. The number of thiazole rings is 1. The summed E-state index contributed by atoms with van der Waals surface area (Å²) in [7, 11) is -4.21. The summed E-state index contributed by atoms with van der Waals surface area (Å²) in [5, 5.41) is 4.96. The number of aryl methyl sites for hydroxylation is 3. The van der Waals surface area contributed by atoms with E-state index in [1.807, 2.05) is 19.9 Å². The second-order valence-electron chi connectivity index (χ2n) is 4.10. The van der Waals surface area contributed by atoms with Gasteiger partial charge in [0.25, 0.3) is 0 Å². The summed E-state index contributed by atoms with van der Waals surface area (Å²) in [6.07, 6.45) is 3.27. The lowest BCUT2D eigenvalue weighted by Crippen LogP contribution is -2.40. The lowest BCUT2D eigenvalue weighted by Gasteiger charge is -2.02. The summed E-state index contributed by atoms with van der Waals surface area (Å²) in [5.74, 6) is -0.459. The lowest BCUT2D eigenvalue weighted by molar-refractivity contribution is -0.750. The molecule has 0 radical (unpaired) electrons. The number of hydrogen-bond acceptors (Lipinski definition) is 6. The molecule has 2 aromatic rings. The van der Waals surface area contributed by atoms with Gasteiger partial charge in [0.15, 0.2) is 12.7 Å². The van der Waals surface area contributed by atoms with Crippen molar-refractivity contribution in [2.75, 3.05) is 5.75 Å². The fraction of sp³-hybridized carbons (Fsp3) is 0.364. The maximum Gasteiger partial charge on any atom is 0.197 e. The van der Waals surface area contributed by atoms with Crippen molar-refractivity contribution in [2.24, 2.45) is 0 Å². The molecular weight excluding hydrogens is 286 g/mol. The van der Waals surface area contributed by atoms with E-state index >= 15 is 0 Å². The lowest BCUT2D eigenvalue weighted by atomic mass is 10.3. The third-order valence-corrected chi connectivity index (χ3v) is 4.42. The monoisotopic (exact) mass is 299 g/mol. The van der Waals surface area contributed by atoms with Crippen molar-refractivity contribution in [2.45, 2.75) is 20.4 Å². The quantitative estimate of drug-likeness (QED) is 0.611. The second-order valence-corrected chi connectivity index (χ2v) is 6.83. The zero-order valence-corrected chi connectivity index (χ0v) is 12.2. The zero-order chi connectivity index (χ0) is 14.0. The summed E-state index contributed by atoms with van der Waals surface area (Å²) < 4.78 is 33.0. The molecule has 0 amide bonds. The first-order valence-electron chi connectivity index (χ1n) is 5.59. The predicted molar refractivity (Wildman–Crippen MR) is 69.6 cm³/mol. The van der Waals surface area contributed by atoms with Crippen LogP contribution in [0.25, 0.3) is 10.6 Å². The van der Waals surface area contributed by atoms with Crippen molar-refractivity contribution in [3.63, 3.8) is 0 Å². The summed E-state index contributed by atoms with van der Waals surface area (Å²) in [4.78, 5) is 5.58. The molecule has 0 N–H and O–H groups in total. The van der Waals surface area contributed by atoms with Crippen LogP contribution in [0.4, 0.5) is 0 Å². The molecule has 2 aromatic heterocycles. The molecule has 0 saturated carbocycles. The van der Waals surface area contributed by atoms with Crippen molar-refractivity contribution in [1.29, 1.82) is 0 Å². The summed E-state index contributed by atoms with van der Waals surface area (Å²) in [5.41, 5.74) is 1.87. The van der Waals surface area contributed by atoms with Gasteiger partial charge in [-0.1, -0.05) is 4.68 Å². The normalized spacial score (nSPS) is 11.7. The van der Waals surface area contributed by atoms with Crippen LogP contribution >= 0.6 is 11.3 Å². The van der Waals surface area contributed by atoms with E-state index < -0.39 is 15.9 Å². The van der Waals surface area contributed by atoms with Crippen LogP contribution in [-0.2, 0) is 16.7 Å². The van der Waals surface area contributed by atoms with Gasteiger partial charge in [-0.15, -0.1) is 11.3 Å². The van der Waals surface area contributed by atoms with Gasteiger partial charge in [0.1, 0.15) is 21.3 Å². The Balaban J connectivity index is 2.14. The molecule has 0 aliphatic heterocycles. The van der Waals surface area contributed by atoms with E-state index in [2.05, 4.69) is 10.1 Å². The molecule has 102 valence electrons. The van der Waals surface area contributed by atoms with E-state index in [9.17, 15) is 13.0 Å². The van der Waals surface area contributed by atoms with Gasteiger partial charge in [-0.25, -0.2) is 13.4 Å². The SMILES string of the molecule is Cc1nc(-c2cc[n+](CCS(=O)(=O)[O-])nc2)sc1C. The van der Waals surface area contributed by atoms with Crippen LogP contribution in [0.5, 0.6) is 0 Å². The third-order valence-electron chi connectivity index (χ3n) is 2.62. The molecule has 0 unspecified atom stereocenters. The van der Waals surface area contributed by atoms with E-state index in [1.54, 1.807) is 23.7 Å². The van der Waals surface area contributed by atoms with Gasteiger partial charge < -0.3 is 4.55 Å². The summed E-state index contributed by atoms with van der Waals surface area (Å²) in [6, 6.07) is 1.81. The standard InChI is InChI=1S/C11H13N3O3S2/c1-8-9(2)18-11(13-8)10-3-4-14(12-7-10)5-6-19(15,16)17/h3-4,7H,5-6H2,1-2H3. The van der Waals surface area contributed by atoms with Crippen LogP contribution in [0.15, 0.2) is 18.5 Å². The number of rotatable bonds is 4. The van der Waals surface area contributed by atoms with Crippen molar-refractivity contribution >= 4 is 21.5 Å². The average Bonchev–Trinajstić information content (AvgIpc) is 2.67. The fourth-order valence-electron chi connectivity index (χ4n) is 1.44. The first-order valence-corrected chi connectivity index (χ1v) is 7.98. The molecule has 0 aromatic carbocycles. The maximum atomic E-state index is 10.5. The van der Waals surface area contributed by atoms with Gasteiger partial charge in [0, 0.05) is 16.5 Å². The first-order chi connectivity index (χ1) is 8.85. The molecule has 2 heterocycles. The average molecular weight is 299 g/mol. The Morgan fingerprint density at radius 2 is 2.16 bits per heavy atom. The smallest absolute Gasteiger partial charge is 0.197 e.